The number of hydrogen-bond donors (Lipinski definition) is 0. The molecule has 0 saturated carbocycles. The van der Waals surface area contributed by atoms with Crippen LogP contribution in [0.5, 0.6) is 0 Å². The molecule has 6 aromatic carbocycles. The zero-order valence-corrected chi connectivity index (χ0v) is 20.7. The van der Waals surface area contributed by atoms with Crippen LogP contribution in [0, 0.1) is 11.6 Å². The standard InChI is InChI=1S/C34H18F5N/c35-30-6-3-7-31(36)32(30)21-9-10-23-20(16-21)8-11-26-25(23)12-13-28-27(26)14-15-40-33(28)22-17-19-4-1-2-5-24(19)29(18-22)34(37,38)39/h1-18H. The lowest BCUT2D eigenvalue weighted by atomic mass is 9.92. The van der Waals surface area contributed by atoms with E-state index in [9.17, 15) is 22.0 Å². The molecular formula is C34H18F5N. The Kier molecular flexibility index (Phi) is 5.36. The minimum Gasteiger partial charge on any atom is -0.256 e. The van der Waals surface area contributed by atoms with Crippen molar-refractivity contribution in [3.05, 3.63) is 127 Å². The number of aromatic nitrogens is 1. The molecule has 0 amide bonds. The van der Waals surface area contributed by atoms with Gasteiger partial charge in [-0.05, 0) is 79.7 Å². The second-order valence-corrected chi connectivity index (χ2v) is 9.76. The predicted octanol–water partition coefficient (Wildman–Crippen LogP) is 10.3. The number of pyridine rings is 1. The van der Waals surface area contributed by atoms with Crippen molar-refractivity contribution in [3.63, 3.8) is 0 Å². The van der Waals surface area contributed by atoms with Gasteiger partial charge < -0.3 is 0 Å². The molecule has 0 aliphatic carbocycles. The molecule has 0 atom stereocenters. The first-order chi connectivity index (χ1) is 19.3. The Bertz CT molecular complexity index is 2110. The highest BCUT2D eigenvalue weighted by atomic mass is 19.4. The smallest absolute Gasteiger partial charge is 0.256 e. The third kappa shape index (κ3) is 3.79. The van der Waals surface area contributed by atoms with Crippen molar-refractivity contribution in [3.8, 4) is 22.4 Å². The Labute approximate surface area is 225 Å². The minimum absolute atomic E-state index is 0.0765. The van der Waals surface area contributed by atoms with E-state index in [1.54, 1.807) is 42.6 Å². The van der Waals surface area contributed by atoms with Crippen LogP contribution in [-0.4, -0.2) is 4.98 Å². The summed E-state index contributed by atoms with van der Waals surface area (Å²) in [4.78, 5) is 4.50. The van der Waals surface area contributed by atoms with Crippen molar-refractivity contribution in [2.75, 3.05) is 0 Å². The molecule has 0 bridgehead atoms. The van der Waals surface area contributed by atoms with Crippen LogP contribution in [0.2, 0.25) is 0 Å². The minimum atomic E-state index is -4.52. The summed E-state index contributed by atoms with van der Waals surface area (Å²) >= 11 is 0. The molecule has 0 fully saturated rings. The molecular weight excluding hydrogens is 517 g/mol. The summed E-state index contributed by atoms with van der Waals surface area (Å²) in [5, 5.41) is 5.71. The maximum absolute atomic E-state index is 14.4. The Morgan fingerprint density at radius 3 is 1.93 bits per heavy atom. The molecule has 1 nitrogen and oxygen atoms in total. The highest BCUT2D eigenvalue weighted by Gasteiger charge is 2.33. The number of benzene rings is 6. The van der Waals surface area contributed by atoms with Crippen LogP contribution < -0.4 is 0 Å². The second kappa shape index (κ2) is 8.85. The van der Waals surface area contributed by atoms with E-state index in [0.29, 0.717) is 22.2 Å². The van der Waals surface area contributed by atoms with Crippen LogP contribution in [0.3, 0.4) is 0 Å². The molecule has 7 aromatic rings. The number of halogens is 5. The van der Waals surface area contributed by atoms with Crippen molar-refractivity contribution in [2.24, 2.45) is 0 Å². The van der Waals surface area contributed by atoms with Crippen LogP contribution in [0.15, 0.2) is 109 Å². The van der Waals surface area contributed by atoms with Gasteiger partial charge in [0.15, 0.2) is 0 Å². The van der Waals surface area contributed by atoms with Gasteiger partial charge in [-0.2, -0.15) is 13.2 Å². The van der Waals surface area contributed by atoms with E-state index in [1.165, 1.54) is 24.3 Å². The topological polar surface area (TPSA) is 12.9 Å². The van der Waals surface area contributed by atoms with E-state index in [1.807, 2.05) is 36.4 Å². The van der Waals surface area contributed by atoms with Crippen LogP contribution in [0.4, 0.5) is 22.0 Å². The average Bonchev–Trinajstić information content (AvgIpc) is 2.95. The fourth-order valence-corrected chi connectivity index (χ4v) is 5.65. The van der Waals surface area contributed by atoms with Gasteiger partial charge in [0.05, 0.1) is 16.8 Å². The van der Waals surface area contributed by atoms with Gasteiger partial charge in [-0.1, -0.05) is 66.7 Å². The summed E-state index contributed by atoms with van der Waals surface area (Å²) in [6, 6.07) is 27.9. The molecule has 0 saturated heterocycles. The summed E-state index contributed by atoms with van der Waals surface area (Å²) in [6.07, 6.45) is -2.91. The fraction of sp³-hybridized carbons (Fsp3) is 0.0294. The highest BCUT2D eigenvalue weighted by molar-refractivity contribution is 6.19. The summed E-state index contributed by atoms with van der Waals surface area (Å²) in [6.45, 7) is 0. The third-order valence-corrected chi connectivity index (χ3v) is 7.45. The van der Waals surface area contributed by atoms with E-state index in [-0.39, 0.29) is 10.9 Å². The van der Waals surface area contributed by atoms with E-state index in [2.05, 4.69) is 4.98 Å². The van der Waals surface area contributed by atoms with Gasteiger partial charge in [0.2, 0.25) is 0 Å². The van der Waals surface area contributed by atoms with Gasteiger partial charge in [0.25, 0.3) is 0 Å². The Hall–Kier alpha value is -4.84. The number of alkyl halides is 3. The van der Waals surface area contributed by atoms with Gasteiger partial charge in [-0.3, -0.25) is 4.98 Å². The summed E-state index contributed by atoms with van der Waals surface area (Å²) in [5.74, 6) is -1.26. The molecule has 40 heavy (non-hydrogen) atoms. The molecule has 0 aliphatic rings. The van der Waals surface area contributed by atoms with E-state index < -0.39 is 23.4 Å². The Morgan fingerprint density at radius 1 is 0.500 bits per heavy atom. The highest BCUT2D eigenvalue weighted by Crippen LogP contribution is 2.41. The number of fused-ring (bicyclic) bond motifs is 6. The average molecular weight is 536 g/mol. The van der Waals surface area contributed by atoms with Crippen LogP contribution in [0.1, 0.15) is 5.56 Å². The Morgan fingerprint density at radius 2 is 1.12 bits per heavy atom. The van der Waals surface area contributed by atoms with Crippen LogP contribution >= 0.6 is 0 Å². The monoisotopic (exact) mass is 535 g/mol. The molecule has 7 rings (SSSR count). The van der Waals surface area contributed by atoms with Crippen molar-refractivity contribution >= 4 is 43.1 Å². The van der Waals surface area contributed by atoms with Gasteiger partial charge in [-0.15, -0.1) is 0 Å². The number of hydrogen-bond acceptors (Lipinski definition) is 1. The van der Waals surface area contributed by atoms with E-state index in [0.717, 1.165) is 38.4 Å². The summed E-state index contributed by atoms with van der Waals surface area (Å²) < 4.78 is 70.8. The summed E-state index contributed by atoms with van der Waals surface area (Å²) in [7, 11) is 0. The lowest BCUT2D eigenvalue weighted by molar-refractivity contribution is -0.136. The molecule has 0 radical (unpaired) electrons. The van der Waals surface area contributed by atoms with Crippen molar-refractivity contribution in [2.45, 2.75) is 6.18 Å². The lowest BCUT2D eigenvalue weighted by Gasteiger charge is -2.15. The quantitative estimate of drug-likeness (QED) is 0.159. The SMILES string of the molecule is Fc1cccc(F)c1-c1ccc2c(ccc3c4ccnc(-c5cc(C(F)(F)F)c6ccccc6c5)c4ccc23)c1. The molecule has 0 N–H and O–H groups in total. The maximum atomic E-state index is 14.4. The normalized spacial score (nSPS) is 12.1. The van der Waals surface area contributed by atoms with Crippen LogP contribution in [-0.2, 0) is 6.18 Å². The molecule has 0 unspecified atom stereocenters. The molecule has 6 heteroatoms. The lowest BCUT2D eigenvalue weighted by Crippen LogP contribution is -2.06. The van der Waals surface area contributed by atoms with Crippen molar-refractivity contribution in [1.82, 2.24) is 4.98 Å². The number of rotatable bonds is 2. The van der Waals surface area contributed by atoms with E-state index >= 15 is 0 Å². The molecule has 0 spiro atoms. The molecule has 1 heterocycles. The van der Waals surface area contributed by atoms with Gasteiger partial charge in [-0.25, -0.2) is 8.78 Å². The first kappa shape index (κ1) is 24.2. The van der Waals surface area contributed by atoms with Crippen molar-refractivity contribution < 1.29 is 22.0 Å². The maximum Gasteiger partial charge on any atom is 0.417 e. The van der Waals surface area contributed by atoms with Gasteiger partial charge >= 0.3 is 6.18 Å². The zero-order chi connectivity index (χ0) is 27.6. The Balaban J connectivity index is 1.44. The zero-order valence-electron chi connectivity index (χ0n) is 20.7. The third-order valence-electron chi connectivity index (χ3n) is 7.45. The first-order valence-electron chi connectivity index (χ1n) is 12.6. The molecule has 1 aromatic heterocycles. The van der Waals surface area contributed by atoms with Gasteiger partial charge in [0, 0.05) is 17.1 Å². The van der Waals surface area contributed by atoms with Crippen LogP contribution in [0.25, 0.3) is 65.5 Å². The number of nitrogens with zero attached hydrogens (tertiary/aromatic N) is 1. The van der Waals surface area contributed by atoms with Gasteiger partial charge in [0.1, 0.15) is 11.6 Å². The second-order valence-electron chi connectivity index (χ2n) is 9.76. The molecule has 194 valence electrons. The molecule has 0 aliphatic heterocycles. The largest absolute Gasteiger partial charge is 0.417 e. The predicted molar refractivity (Wildman–Crippen MR) is 150 cm³/mol. The summed E-state index contributed by atoms with van der Waals surface area (Å²) in [5.41, 5.74) is 0.501. The first-order valence-corrected chi connectivity index (χ1v) is 12.6. The van der Waals surface area contributed by atoms with E-state index in [4.69, 9.17) is 0 Å². The van der Waals surface area contributed by atoms with Crippen molar-refractivity contribution in [1.29, 1.82) is 0 Å². The fourth-order valence-electron chi connectivity index (χ4n) is 5.65.